The van der Waals surface area contributed by atoms with E-state index >= 15 is 0 Å². The monoisotopic (exact) mass is 254 g/mol. The van der Waals surface area contributed by atoms with Crippen molar-refractivity contribution in [3.63, 3.8) is 0 Å². The lowest BCUT2D eigenvalue weighted by molar-refractivity contribution is 0.0252. The van der Waals surface area contributed by atoms with Gasteiger partial charge in [0.25, 0.3) is 0 Å². The lowest BCUT2D eigenvalue weighted by Crippen LogP contribution is -2.48. The normalized spacial score (nSPS) is 32.3. The summed E-state index contributed by atoms with van der Waals surface area (Å²) in [6, 6.07) is 0.451. The van der Waals surface area contributed by atoms with E-state index in [0.717, 1.165) is 18.9 Å². The lowest BCUT2D eigenvalue weighted by Gasteiger charge is -2.39. The van der Waals surface area contributed by atoms with Crippen LogP contribution in [0.25, 0.3) is 0 Å². The number of piperidine rings is 1. The average molecular weight is 254 g/mol. The molecule has 0 aromatic rings. The number of nitrogens with zero attached hydrogens (tertiary/aromatic N) is 1. The summed E-state index contributed by atoms with van der Waals surface area (Å²) in [5.74, 6) is 0.851. The molecular formula is C15H30N2O. The molecule has 2 fully saturated rings. The van der Waals surface area contributed by atoms with E-state index in [1.54, 1.807) is 0 Å². The summed E-state index contributed by atoms with van der Waals surface area (Å²) in [5.41, 5.74) is 0. The molecule has 1 saturated heterocycles. The van der Waals surface area contributed by atoms with Crippen LogP contribution in [-0.2, 0) is 0 Å². The summed E-state index contributed by atoms with van der Waals surface area (Å²) >= 11 is 0. The number of hydrogen-bond donors (Lipinski definition) is 2. The van der Waals surface area contributed by atoms with Gasteiger partial charge in [-0.3, -0.25) is 4.90 Å². The van der Waals surface area contributed by atoms with Gasteiger partial charge in [0.2, 0.25) is 0 Å². The van der Waals surface area contributed by atoms with Gasteiger partial charge in [-0.15, -0.1) is 0 Å². The summed E-state index contributed by atoms with van der Waals surface area (Å²) < 4.78 is 0. The van der Waals surface area contributed by atoms with Gasteiger partial charge < -0.3 is 10.4 Å². The maximum atomic E-state index is 10.3. The van der Waals surface area contributed by atoms with E-state index in [-0.39, 0.29) is 6.10 Å². The average Bonchev–Trinajstić information content (AvgIpc) is 2.62. The summed E-state index contributed by atoms with van der Waals surface area (Å²) in [7, 11) is 0. The van der Waals surface area contributed by atoms with E-state index in [1.807, 2.05) is 0 Å². The van der Waals surface area contributed by atoms with E-state index in [0.29, 0.717) is 6.04 Å². The minimum Gasteiger partial charge on any atom is -0.391 e. The zero-order valence-corrected chi connectivity index (χ0v) is 11.9. The highest BCUT2D eigenvalue weighted by Gasteiger charge is 2.30. The molecule has 2 N–H and O–H groups in total. The fourth-order valence-electron chi connectivity index (χ4n) is 3.53. The van der Waals surface area contributed by atoms with E-state index in [2.05, 4.69) is 17.1 Å². The molecule has 1 aliphatic heterocycles. The Morgan fingerprint density at radius 3 is 2.50 bits per heavy atom. The molecule has 1 saturated carbocycles. The number of aliphatic hydroxyl groups is 1. The summed E-state index contributed by atoms with van der Waals surface area (Å²) in [4.78, 5) is 2.57. The van der Waals surface area contributed by atoms with Gasteiger partial charge in [0.05, 0.1) is 6.10 Å². The third kappa shape index (κ3) is 3.94. The Kier molecular flexibility index (Phi) is 5.93. The van der Waals surface area contributed by atoms with Gasteiger partial charge >= 0.3 is 0 Å². The van der Waals surface area contributed by atoms with Crippen LogP contribution in [-0.4, -0.2) is 48.3 Å². The first kappa shape index (κ1) is 14.3. The molecule has 2 unspecified atom stereocenters. The van der Waals surface area contributed by atoms with Gasteiger partial charge in [-0.2, -0.15) is 0 Å². The van der Waals surface area contributed by atoms with E-state index in [4.69, 9.17) is 0 Å². The molecule has 2 rings (SSSR count). The lowest BCUT2D eigenvalue weighted by atomic mass is 9.93. The van der Waals surface area contributed by atoms with Crippen LogP contribution in [0.3, 0.4) is 0 Å². The number of rotatable bonds is 4. The minimum absolute atomic E-state index is 0.0715. The second-order valence-corrected chi connectivity index (χ2v) is 6.06. The highest BCUT2D eigenvalue weighted by molar-refractivity contribution is 4.85. The van der Waals surface area contributed by atoms with E-state index in [9.17, 15) is 5.11 Å². The minimum atomic E-state index is -0.0715. The van der Waals surface area contributed by atoms with Crippen LogP contribution in [0.4, 0.5) is 0 Å². The molecule has 0 bridgehead atoms. The Balaban J connectivity index is 1.77. The van der Waals surface area contributed by atoms with Gasteiger partial charge in [0, 0.05) is 6.04 Å². The molecule has 0 radical (unpaired) electrons. The number of nitrogens with one attached hydrogen (secondary N) is 1. The maximum absolute atomic E-state index is 10.3. The van der Waals surface area contributed by atoms with Crippen LogP contribution in [0.5, 0.6) is 0 Å². The van der Waals surface area contributed by atoms with Crippen molar-refractivity contribution in [2.24, 2.45) is 5.92 Å². The largest absolute Gasteiger partial charge is 0.391 e. The fourth-order valence-corrected chi connectivity index (χ4v) is 3.53. The molecular weight excluding hydrogens is 224 g/mol. The second kappa shape index (κ2) is 7.46. The number of hydrogen-bond acceptors (Lipinski definition) is 3. The van der Waals surface area contributed by atoms with Crippen molar-refractivity contribution >= 4 is 0 Å². The van der Waals surface area contributed by atoms with Crippen LogP contribution in [0, 0.1) is 5.92 Å². The molecule has 18 heavy (non-hydrogen) atoms. The van der Waals surface area contributed by atoms with E-state index < -0.39 is 0 Å². The van der Waals surface area contributed by atoms with Crippen LogP contribution in [0.2, 0.25) is 0 Å². The van der Waals surface area contributed by atoms with Crippen LogP contribution >= 0.6 is 0 Å². The second-order valence-electron chi connectivity index (χ2n) is 6.06. The van der Waals surface area contributed by atoms with Gasteiger partial charge in [0.15, 0.2) is 0 Å². The topological polar surface area (TPSA) is 35.5 Å². The van der Waals surface area contributed by atoms with Crippen molar-refractivity contribution in [3.8, 4) is 0 Å². The molecule has 3 heteroatoms. The molecule has 2 atom stereocenters. The molecule has 1 aliphatic carbocycles. The molecule has 0 amide bonds. The van der Waals surface area contributed by atoms with Crippen LogP contribution in [0.1, 0.15) is 51.9 Å². The van der Waals surface area contributed by atoms with Gasteiger partial charge in [0.1, 0.15) is 0 Å². The van der Waals surface area contributed by atoms with Crippen molar-refractivity contribution in [1.82, 2.24) is 10.2 Å². The Hall–Kier alpha value is -0.120. The Morgan fingerprint density at radius 2 is 1.78 bits per heavy atom. The third-order valence-corrected chi connectivity index (χ3v) is 4.75. The molecule has 0 spiro atoms. The van der Waals surface area contributed by atoms with Crippen molar-refractivity contribution in [3.05, 3.63) is 0 Å². The quantitative estimate of drug-likeness (QED) is 0.753. The fraction of sp³-hybridized carbons (Fsp3) is 1.00. The first-order valence-corrected chi connectivity index (χ1v) is 7.94. The van der Waals surface area contributed by atoms with E-state index in [1.165, 1.54) is 58.2 Å². The Morgan fingerprint density at radius 1 is 1.06 bits per heavy atom. The first-order chi connectivity index (χ1) is 8.81. The zero-order valence-electron chi connectivity index (χ0n) is 11.9. The molecule has 1 heterocycles. The summed E-state index contributed by atoms with van der Waals surface area (Å²) in [6.45, 7) is 6.83. The van der Waals surface area contributed by atoms with Gasteiger partial charge in [-0.25, -0.2) is 0 Å². The van der Waals surface area contributed by atoms with Gasteiger partial charge in [-0.1, -0.05) is 26.2 Å². The van der Waals surface area contributed by atoms with Crippen molar-refractivity contribution in [2.75, 3.05) is 26.2 Å². The highest BCUT2D eigenvalue weighted by Crippen LogP contribution is 2.26. The molecule has 0 aromatic heterocycles. The summed E-state index contributed by atoms with van der Waals surface area (Å²) in [5, 5.41) is 13.7. The SMILES string of the molecule is CCNCC1CCN(C2CCCCCC2O)CC1. The Labute approximate surface area is 112 Å². The summed E-state index contributed by atoms with van der Waals surface area (Å²) in [6.07, 6.45) is 8.59. The molecule has 3 nitrogen and oxygen atoms in total. The number of likely N-dealkylation sites (tertiary alicyclic amines) is 1. The van der Waals surface area contributed by atoms with Crippen molar-refractivity contribution in [1.29, 1.82) is 0 Å². The smallest absolute Gasteiger partial charge is 0.0695 e. The third-order valence-electron chi connectivity index (χ3n) is 4.75. The predicted molar refractivity (Wildman–Crippen MR) is 75.7 cm³/mol. The predicted octanol–water partition coefficient (Wildman–Crippen LogP) is 2.00. The van der Waals surface area contributed by atoms with Gasteiger partial charge in [-0.05, 0) is 57.8 Å². The zero-order chi connectivity index (χ0) is 12.8. The highest BCUT2D eigenvalue weighted by atomic mass is 16.3. The molecule has 106 valence electrons. The number of aliphatic hydroxyl groups excluding tert-OH is 1. The van der Waals surface area contributed by atoms with Crippen LogP contribution in [0.15, 0.2) is 0 Å². The molecule has 2 aliphatic rings. The maximum Gasteiger partial charge on any atom is 0.0695 e. The van der Waals surface area contributed by atoms with Crippen molar-refractivity contribution in [2.45, 2.75) is 64.0 Å². The Bertz CT molecular complexity index is 227. The first-order valence-electron chi connectivity index (χ1n) is 7.94. The molecule has 0 aromatic carbocycles. The van der Waals surface area contributed by atoms with Crippen molar-refractivity contribution < 1.29 is 5.11 Å². The van der Waals surface area contributed by atoms with Crippen LogP contribution < -0.4 is 5.32 Å². The standard InChI is InChI=1S/C15H30N2O/c1-2-16-12-13-8-10-17(11-9-13)14-6-4-3-5-7-15(14)18/h13-16,18H,2-12H2,1H3.